The summed E-state index contributed by atoms with van der Waals surface area (Å²) in [6.07, 6.45) is 0. The number of rotatable bonds is 6. The van der Waals surface area contributed by atoms with E-state index in [2.05, 4.69) is 37.4 Å². The molecular formula is C23H25N3O4S. The first-order valence-electron chi connectivity index (χ1n) is 9.83. The van der Waals surface area contributed by atoms with Gasteiger partial charge < -0.3 is 19.5 Å². The number of methoxy groups -OCH3 is 3. The maximum Gasteiger partial charge on any atom is 0.257 e. The van der Waals surface area contributed by atoms with Crippen LogP contribution in [0, 0.1) is 13.8 Å². The second kappa shape index (κ2) is 8.55. The number of nitrogens with zero attached hydrogens (tertiary/aromatic N) is 2. The normalized spacial score (nSPS) is 12.4. The number of ether oxygens (including phenoxy) is 3. The average molecular weight is 440 g/mol. The summed E-state index contributed by atoms with van der Waals surface area (Å²) >= 11 is 1.79. The molecule has 4 rings (SSSR count). The molecule has 1 aliphatic heterocycles. The number of anilines is 1. The molecule has 0 bridgehead atoms. The number of benzene rings is 2. The van der Waals surface area contributed by atoms with Crippen LogP contribution in [0.1, 0.15) is 32.7 Å². The number of aryl methyl sites for hydroxylation is 2. The van der Waals surface area contributed by atoms with Crippen molar-refractivity contribution in [3.63, 3.8) is 0 Å². The first kappa shape index (κ1) is 21.1. The number of thioether (sulfide) groups is 1. The molecule has 162 valence electrons. The molecule has 2 aromatic carbocycles. The van der Waals surface area contributed by atoms with Crippen LogP contribution < -0.4 is 19.5 Å². The lowest BCUT2D eigenvalue weighted by Gasteiger charge is -2.15. The van der Waals surface area contributed by atoms with Gasteiger partial charge in [-0.2, -0.15) is 16.9 Å². The Morgan fingerprint density at radius 2 is 1.61 bits per heavy atom. The van der Waals surface area contributed by atoms with Gasteiger partial charge in [-0.05, 0) is 49.2 Å². The summed E-state index contributed by atoms with van der Waals surface area (Å²) in [6.45, 7) is 4.11. The van der Waals surface area contributed by atoms with Crippen molar-refractivity contribution in [1.29, 1.82) is 0 Å². The summed E-state index contributed by atoms with van der Waals surface area (Å²) in [4.78, 5) is 13.3. The van der Waals surface area contributed by atoms with Crippen molar-refractivity contribution in [3.05, 3.63) is 58.3 Å². The van der Waals surface area contributed by atoms with Gasteiger partial charge in [0.25, 0.3) is 5.91 Å². The molecule has 2 heterocycles. The van der Waals surface area contributed by atoms with Crippen molar-refractivity contribution in [3.8, 4) is 22.9 Å². The third-order valence-electron chi connectivity index (χ3n) is 5.16. The van der Waals surface area contributed by atoms with Gasteiger partial charge in [0, 0.05) is 22.6 Å². The molecule has 1 aromatic heterocycles. The van der Waals surface area contributed by atoms with Gasteiger partial charge >= 0.3 is 0 Å². The van der Waals surface area contributed by atoms with Crippen molar-refractivity contribution in [2.75, 3.05) is 26.6 Å². The highest BCUT2D eigenvalue weighted by Crippen LogP contribution is 2.39. The number of fused-ring (bicyclic) bond motifs is 1. The Balaban J connectivity index is 1.76. The third kappa shape index (κ3) is 3.95. The van der Waals surface area contributed by atoms with E-state index in [0.29, 0.717) is 28.6 Å². The maximum atomic E-state index is 13.3. The second-order valence-corrected chi connectivity index (χ2v) is 8.38. The van der Waals surface area contributed by atoms with Gasteiger partial charge in [-0.3, -0.25) is 4.79 Å². The van der Waals surface area contributed by atoms with Crippen LogP contribution in [0.3, 0.4) is 0 Å². The highest BCUT2D eigenvalue weighted by Gasteiger charge is 2.26. The Kier molecular flexibility index (Phi) is 5.82. The highest BCUT2D eigenvalue weighted by molar-refractivity contribution is 7.98. The topological polar surface area (TPSA) is 74.6 Å². The molecule has 0 fully saturated rings. The van der Waals surface area contributed by atoms with E-state index in [-0.39, 0.29) is 5.91 Å². The van der Waals surface area contributed by atoms with E-state index in [9.17, 15) is 4.79 Å². The van der Waals surface area contributed by atoms with Crippen LogP contribution in [0.25, 0.3) is 5.69 Å². The van der Waals surface area contributed by atoms with Crippen LogP contribution in [-0.2, 0) is 11.5 Å². The van der Waals surface area contributed by atoms with Crippen molar-refractivity contribution < 1.29 is 19.0 Å². The number of aromatic nitrogens is 2. The second-order valence-electron chi connectivity index (χ2n) is 7.39. The number of hydrogen-bond donors (Lipinski definition) is 1. The summed E-state index contributed by atoms with van der Waals surface area (Å²) in [7, 11) is 4.58. The minimum Gasteiger partial charge on any atom is -0.493 e. The quantitative estimate of drug-likeness (QED) is 0.609. The summed E-state index contributed by atoms with van der Waals surface area (Å²) in [5, 5.41) is 7.88. The first-order chi connectivity index (χ1) is 14.9. The van der Waals surface area contributed by atoms with E-state index in [4.69, 9.17) is 19.3 Å². The number of nitrogens with one attached hydrogen (secondary N) is 1. The van der Waals surface area contributed by atoms with Crippen molar-refractivity contribution in [2.24, 2.45) is 0 Å². The molecule has 7 nitrogen and oxygen atoms in total. The number of carbonyl (C=O) groups excluding carboxylic acids is 1. The van der Waals surface area contributed by atoms with E-state index in [1.54, 1.807) is 23.9 Å². The lowest BCUT2D eigenvalue weighted by atomic mass is 10.1. The molecule has 0 radical (unpaired) electrons. The van der Waals surface area contributed by atoms with Crippen LogP contribution >= 0.6 is 11.8 Å². The van der Waals surface area contributed by atoms with Gasteiger partial charge in [-0.25, -0.2) is 4.68 Å². The molecule has 0 atom stereocenters. The van der Waals surface area contributed by atoms with Crippen molar-refractivity contribution >= 4 is 23.5 Å². The molecule has 0 saturated carbocycles. The third-order valence-corrected chi connectivity index (χ3v) is 6.13. The fourth-order valence-electron chi connectivity index (χ4n) is 3.79. The van der Waals surface area contributed by atoms with Gasteiger partial charge in [0.2, 0.25) is 5.75 Å². The molecule has 1 aliphatic rings. The molecule has 31 heavy (non-hydrogen) atoms. The first-order valence-corrected chi connectivity index (χ1v) is 11.0. The van der Waals surface area contributed by atoms with Gasteiger partial charge in [0.15, 0.2) is 11.5 Å². The fraction of sp³-hybridized carbons (Fsp3) is 0.304. The maximum absolute atomic E-state index is 13.3. The standard InChI is InChI=1S/C23H25N3O4S/c1-13-6-14(2)8-16(7-13)26-22(17-11-31-12-18(17)25-26)24-23(27)15-9-19(28-3)21(30-5)20(10-15)29-4/h6-10H,11-12H2,1-5H3,(H,24,27). The fourth-order valence-corrected chi connectivity index (χ4v) is 4.83. The molecule has 3 aromatic rings. The predicted molar refractivity (Wildman–Crippen MR) is 122 cm³/mol. The number of carbonyl (C=O) groups is 1. The molecule has 0 unspecified atom stereocenters. The van der Waals surface area contributed by atoms with E-state index in [1.807, 2.05) is 4.68 Å². The van der Waals surface area contributed by atoms with Crippen molar-refractivity contribution in [1.82, 2.24) is 9.78 Å². The van der Waals surface area contributed by atoms with Crippen LogP contribution in [0.4, 0.5) is 5.82 Å². The monoisotopic (exact) mass is 439 g/mol. The largest absolute Gasteiger partial charge is 0.493 e. The summed E-state index contributed by atoms with van der Waals surface area (Å²) in [5.41, 5.74) is 5.68. The summed E-state index contributed by atoms with van der Waals surface area (Å²) in [6, 6.07) is 9.53. The SMILES string of the molecule is COc1cc(C(=O)Nc2c3c(nn2-c2cc(C)cc(C)c2)CSC3)cc(OC)c1OC. The van der Waals surface area contributed by atoms with Gasteiger partial charge in [0.1, 0.15) is 5.82 Å². The lowest BCUT2D eigenvalue weighted by Crippen LogP contribution is -2.17. The zero-order chi connectivity index (χ0) is 22.1. The van der Waals surface area contributed by atoms with Crippen LogP contribution in [0.15, 0.2) is 30.3 Å². The summed E-state index contributed by atoms with van der Waals surface area (Å²) < 4.78 is 18.0. The predicted octanol–water partition coefficient (Wildman–Crippen LogP) is 4.51. The van der Waals surface area contributed by atoms with E-state index >= 15 is 0 Å². The number of amides is 1. The molecule has 0 aliphatic carbocycles. The zero-order valence-electron chi connectivity index (χ0n) is 18.2. The zero-order valence-corrected chi connectivity index (χ0v) is 19.1. The van der Waals surface area contributed by atoms with Gasteiger partial charge in [-0.1, -0.05) is 6.07 Å². The van der Waals surface area contributed by atoms with Crippen LogP contribution in [-0.4, -0.2) is 37.0 Å². The number of hydrogen-bond acceptors (Lipinski definition) is 6. The molecular weight excluding hydrogens is 414 g/mol. The molecule has 0 spiro atoms. The van der Waals surface area contributed by atoms with E-state index in [1.165, 1.54) is 21.3 Å². The van der Waals surface area contributed by atoms with Crippen LogP contribution in [0.2, 0.25) is 0 Å². The smallest absolute Gasteiger partial charge is 0.257 e. The van der Waals surface area contributed by atoms with Gasteiger partial charge in [0.05, 0.1) is 32.7 Å². The highest BCUT2D eigenvalue weighted by atomic mass is 32.2. The summed E-state index contributed by atoms with van der Waals surface area (Å²) in [5.74, 6) is 3.36. The Morgan fingerprint density at radius 1 is 0.968 bits per heavy atom. The van der Waals surface area contributed by atoms with Crippen LogP contribution in [0.5, 0.6) is 17.2 Å². The molecule has 1 N–H and O–H groups in total. The Labute approximate surface area is 185 Å². The van der Waals surface area contributed by atoms with Crippen molar-refractivity contribution in [2.45, 2.75) is 25.4 Å². The average Bonchev–Trinajstić information content (AvgIpc) is 3.34. The minimum atomic E-state index is -0.274. The lowest BCUT2D eigenvalue weighted by molar-refractivity contribution is 0.102. The van der Waals surface area contributed by atoms with E-state index < -0.39 is 0 Å². The Morgan fingerprint density at radius 3 is 2.19 bits per heavy atom. The molecule has 8 heteroatoms. The van der Waals surface area contributed by atoms with Gasteiger partial charge in [-0.15, -0.1) is 0 Å². The Hall–Kier alpha value is -3.13. The van der Waals surface area contributed by atoms with E-state index in [0.717, 1.165) is 39.6 Å². The Bertz CT molecular complexity index is 1110. The molecule has 1 amide bonds. The molecule has 0 saturated heterocycles. The minimum absolute atomic E-state index is 0.274.